The van der Waals surface area contributed by atoms with E-state index in [0.717, 1.165) is 38.5 Å². The van der Waals surface area contributed by atoms with Crippen molar-refractivity contribution in [2.45, 2.75) is 64.6 Å². The van der Waals surface area contributed by atoms with Crippen molar-refractivity contribution >= 4 is 11.9 Å². The molecule has 2 atom stereocenters. The summed E-state index contributed by atoms with van der Waals surface area (Å²) < 4.78 is 10.5. The number of carbonyl (C=O) groups excluding carboxylic acids is 2. The van der Waals surface area contributed by atoms with Gasteiger partial charge in [-0.15, -0.1) is 0 Å². The number of rotatable bonds is 11. The zero-order valence-electron chi connectivity index (χ0n) is 12.6. The number of ether oxygens (including phenoxy) is 2. The Balaban J connectivity index is 4.12. The van der Waals surface area contributed by atoms with Gasteiger partial charge in [-0.3, -0.25) is 0 Å². The molecule has 0 aliphatic rings. The molecule has 0 rings (SSSR count). The van der Waals surface area contributed by atoms with E-state index in [9.17, 15) is 9.59 Å². The van der Waals surface area contributed by atoms with Crippen LogP contribution in [0.3, 0.4) is 0 Å². The Morgan fingerprint density at radius 3 is 1.90 bits per heavy atom. The van der Waals surface area contributed by atoms with E-state index in [2.05, 4.69) is 20.1 Å². The van der Waals surface area contributed by atoms with Gasteiger partial charge in [-0.1, -0.05) is 33.4 Å². The summed E-state index contributed by atoms with van der Waals surface area (Å²) in [6.45, 7) is 10.8. The minimum atomic E-state index is -0.389. The van der Waals surface area contributed by atoms with Crippen molar-refractivity contribution in [1.29, 1.82) is 0 Å². The zero-order chi connectivity index (χ0) is 15.4. The van der Waals surface area contributed by atoms with Gasteiger partial charge < -0.3 is 9.47 Å². The molecule has 0 saturated heterocycles. The summed E-state index contributed by atoms with van der Waals surface area (Å²) in [5, 5.41) is 0. The molecule has 0 aliphatic carbocycles. The first-order chi connectivity index (χ1) is 9.57. The third kappa shape index (κ3) is 8.51. The second-order valence-corrected chi connectivity index (χ2v) is 4.65. The molecule has 0 aromatic rings. The third-order valence-corrected chi connectivity index (χ3v) is 3.02. The molecule has 0 N–H and O–H groups in total. The maximum atomic E-state index is 11.2. The fourth-order valence-electron chi connectivity index (χ4n) is 1.93. The minimum absolute atomic E-state index is 0.0851. The Kier molecular flexibility index (Phi) is 10.4. The predicted molar refractivity (Wildman–Crippen MR) is 79.2 cm³/mol. The highest BCUT2D eigenvalue weighted by Crippen LogP contribution is 2.15. The summed E-state index contributed by atoms with van der Waals surface area (Å²) in [6.07, 6.45) is 7.12. The first-order valence-electron chi connectivity index (χ1n) is 7.23. The van der Waals surface area contributed by atoms with E-state index in [-0.39, 0.29) is 24.1 Å². The van der Waals surface area contributed by atoms with Crippen LogP contribution < -0.4 is 0 Å². The summed E-state index contributed by atoms with van der Waals surface area (Å²) in [4.78, 5) is 22.4. The molecule has 4 nitrogen and oxygen atoms in total. The molecule has 0 amide bonds. The quantitative estimate of drug-likeness (QED) is 0.429. The highest BCUT2D eigenvalue weighted by molar-refractivity contribution is 5.81. The molecule has 0 fully saturated rings. The molecule has 0 saturated carbocycles. The van der Waals surface area contributed by atoms with Crippen LogP contribution >= 0.6 is 0 Å². The fourth-order valence-corrected chi connectivity index (χ4v) is 1.93. The van der Waals surface area contributed by atoms with Crippen LogP contribution in [0.2, 0.25) is 0 Å². The number of hydrogen-bond donors (Lipinski definition) is 0. The van der Waals surface area contributed by atoms with Crippen LogP contribution in [0.5, 0.6) is 0 Å². The lowest BCUT2D eigenvalue weighted by molar-refractivity contribution is -0.143. The molecule has 114 valence electrons. The topological polar surface area (TPSA) is 52.6 Å². The molecule has 2 unspecified atom stereocenters. The number of carbonyl (C=O) groups is 2. The van der Waals surface area contributed by atoms with E-state index in [0.29, 0.717) is 0 Å². The number of esters is 2. The first kappa shape index (κ1) is 18.4. The standard InChI is InChI=1S/C16H26O4/c1-5-10-14(20-16(18)8-4)12-9-11-13(6-2)19-15(17)7-3/h7-8,13-14H,3-6,9-12H2,1-2H3. The van der Waals surface area contributed by atoms with Gasteiger partial charge in [0.25, 0.3) is 0 Å². The SMILES string of the molecule is C=CC(=O)OC(CC)CCCC(CCC)OC(=O)C=C. The lowest BCUT2D eigenvalue weighted by Crippen LogP contribution is -2.19. The molecule has 4 heteroatoms. The van der Waals surface area contributed by atoms with Crippen molar-refractivity contribution < 1.29 is 19.1 Å². The minimum Gasteiger partial charge on any atom is -0.459 e. The molecule has 0 aromatic heterocycles. The molecule has 0 spiro atoms. The Labute approximate surface area is 121 Å². The van der Waals surface area contributed by atoms with Crippen LogP contribution in [0, 0.1) is 0 Å². The first-order valence-corrected chi connectivity index (χ1v) is 7.23. The van der Waals surface area contributed by atoms with Gasteiger partial charge in [0.05, 0.1) is 0 Å². The van der Waals surface area contributed by atoms with Gasteiger partial charge in [-0.05, 0) is 32.1 Å². The molecular weight excluding hydrogens is 256 g/mol. The lowest BCUT2D eigenvalue weighted by Gasteiger charge is -2.19. The van der Waals surface area contributed by atoms with E-state index < -0.39 is 0 Å². The normalized spacial score (nSPS) is 13.1. The monoisotopic (exact) mass is 282 g/mol. The molecule has 0 aliphatic heterocycles. The molecular formula is C16H26O4. The van der Waals surface area contributed by atoms with E-state index >= 15 is 0 Å². The Bertz CT molecular complexity index is 322. The maximum absolute atomic E-state index is 11.2. The second kappa shape index (κ2) is 11.3. The third-order valence-electron chi connectivity index (χ3n) is 3.02. The van der Waals surface area contributed by atoms with E-state index in [1.807, 2.05) is 6.92 Å². The largest absolute Gasteiger partial charge is 0.459 e. The van der Waals surface area contributed by atoms with Gasteiger partial charge in [0, 0.05) is 12.2 Å². The van der Waals surface area contributed by atoms with Gasteiger partial charge in [-0.25, -0.2) is 9.59 Å². The van der Waals surface area contributed by atoms with Crippen LogP contribution in [0.25, 0.3) is 0 Å². The smallest absolute Gasteiger partial charge is 0.330 e. The average Bonchev–Trinajstić information content (AvgIpc) is 2.45. The highest BCUT2D eigenvalue weighted by Gasteiger charge is 2.15. The molecule has 20 heavy (non-hydrogen) atoms. The summed E-state index contributed by atoms with van der Waals surface area (Å²) in [5.74, 6) is -0.770. The lowest BCUT2D eigenvalue weighted by atomic mass is 10.0. The highest BCUT2D eigenvalue weighted by atomic mass is 16.5. The Morgan fingerprint density at radius 1 is 0.950 bits per heavy atom. The second-order valence-electron chi connectivity index (χ2n) is 4.65. The number of hydrogen-bond acceptors (Lipinski definition) is 4. The molecule has 0 radical (unpaired) electrons. The van der Waals surface area contributed by atoms with Crippen LogP contribution in [-0.2, 0) is 19.1 Å². The van der Waals surface area contributed by atoms with Crippen molar-refractivity contribution in [3.63, 3.8) is 0 Å². The fraction of sp³-hybridized carbons (Fsp3) is 0.625. The van der Waals surface area contributed by atoms with Crippen LogP contribution in [0.4, 0.5) is 0 Å². The molecule has 0 bridgehead atoms. The van der Waals surface area contributed by atoms with Gasteiger partial charge in [-0.2, -0.15) is 0 Å². The summed E-state index contributed by atoms with van der Waals surface area (Å²) in [5.41, 5.74) is 0. The van der Waals surface area contributed by atoms with Crippen LogP contribution in [0.1, 0.15) is 52.4 Å². The zero-order valence-corrected chi connectivity index (χ0v) is 12.6. The van der Waals surface area contributed by atoms with Crippen molar-refractivity contribution in [2.75, 3.05) is 0 Å². The summed E-state index contributed by atoms with van der Waals surface area (Å²) >= 11 is 0. The van der Waals surface area contributed by atoms with Crippen LogP contribution in [-0.4, -0.2) is 24.1 Å². The Morgan fingerprint density at radius 2 is 1.45 bits per heavy atom. The predicted octanol–water partition coefficient (Wildman–Crippen LogP) is 3.56. The van der Waals surface area contributed by atoms with Gasteiger partial charge >= 0.3 is 11.9 Å². The van der Waals surface area contributed by atoms with Gasteiger partial charge in [0.1, 0.15) is 12.2 Å². The average molecular weight is 282 g/mol. The van der Waals surface area contributed by atoms with E-state index in [4.69, 9.17) is 9.47 Å². The van der Waals surface area contributed by atoms with Crippen molar-refractivity contribution in [3.8, 4) is 0 Å². The van der Waals surface area contributed by atoms with E-state index in [1.165, 1.54) is 12.2 Å². The van der Waals surface area contributed by atoms with Gasteiger partial charge in [0.15, 0.2) is 0 Å². The van der Waals surface area contributed by atoms with Crippen LogP contribution in [0.15, 0.2) is 25.3 Å². The summed E-state index contributed by atoms with van der Waals surface area (Å²) in [7, 11) is 0. The van der Waals surface area contributed by atoms with Crippen molar-refractivity contribution in [2.24, 2.45) is 0 Å². The van der Waals surface area contributed by atoms with Gasteiger partial charge in [0.2, 0.25) is 0 Å². The Hall–Kier alpha value is -1.58. The summed E-state index contributed by atoms with van der Waals surface area (Å²) in [6, 6.07) is 0. The van der Waals surface area contributed by atoms with Crippen molar-refractivity contribution in [1.82, 2.24) is 0 Å². The van der Waals surface area contributed by atoms with Crippen molar-refractivity contribution in [3.05, 3.63) is 25.3 Å². The van der Waals surface area contributed by atoms with E-state index in [1.54, 1.807) is 0 Å². The molecule has 0 heterocycles. The maximum Gasteiger partial charge on any atom is 0.330 e. The molecule has 0 aromatic carbocycles.